The highest BCUT2D eigenvalue weighted by Gasteiger charge is 2.12. The minimum absolute atomic E-state index is 0.128. The van der Waals surface area contributed by atoms with Gasteiger partial charge in [-0.25, -0.2) is 9.78 Å². The molecule has 0 aromatic carbocycles. The Hall–Kier alpha value is -2.18. The van der Waals surface area contributed by atoms with Crippen LogP contribution < -0.4 is 4.90 Å². The molecule has 0 saturated heterocycles. The van der Waals surface area contributed by atoms with Gasteiger partial charge in [-0.1, -0.05) is 0 Å². The Morgan fingerprint density at radius 2 is 2.11 bits per heavy atom. The van der Waals surface area contributed by atoms with Crippen LogP contribution in [0.25, 0.3) is 0 Å². The van der Waals surface area contributed by atoms with Gasteiger partial charge in [0.15, 0.2) is 5.69 Å². The van der Waals surface area contributed by atoms with Crippen LogP contribution in [0.2, 0.25) is 0 Å². The first kappa shape index (κ1) is 14.9. The smallest absolute Gasteiger partial charge is 0.358 e. The van der Waals surface area contributed by atoms with Crippen molar-refractivity contribution in [2.24, 2.45) is 0 Å². The van der Waals surface area contributed by atoms with E-state index in [-0.39, 0.29) is 18.1 Å². The predicted octanol–water partition coefficient (Wildman–Crippen LogP) is 0.653. The van der Waals surface area contributed by atoms with Gasteiger partial charge in [-0.2, -0.15) is 0 Å². The molecule has 7 heteroatoms. The lowest BCUT2D eigenvalue weighted by Gasteiger charge is -2.17. The second kappa shape index (κ2) is 7.30. The number of methoxy groups -OCH3 is 1. The van der Waals surface area contributed by atoms with Crippen LogP contribution in [0.4, 0.5) is 5.82 Å². The summed E-state index contributed by atoms with van der Waals surface area (Å²) in [5.41, 5.74) is 0.128. The lowest BCUT2D eigenvalue weighted by molar-refractivity contribution is -0.142. The van der Waals surface area contributed by atoms with Crippen molar-refractivity contribution in [3.8, 4) is 0 Å². The average molecular weight is 267 g/mol. The molecular formula is C12H17N3O4. The molecule has 0 amide bonds. The van der Waals surface area contributed by atoms with Crippen LogP contribution >= 0.6 is 0 Å². The highest BCUT2D eigenvalue weighted by molar-refractivity contribution is 5.87. The Morgan fingerprint density at radius 1 is 1.37 bits per heavy atom. The molecule has 0 saturated carbocycles. The maximum atomic E-state index is 11.3. The highest BCUT2D eigenvalue weighted by atomic mass is 16.5. The fourth-order valence-corrected chi connectivity index (χ4v) is 1.35. The maximum absolute atomic E-state index is 11.3. The van der Waals surface area contributed by atoms with Crippen molar-refractivity contribution in [2.45, 2.75) is 13.3 Å². The zero-order valence-corrected chi connectivity index (χ0v) is 11.3. The number of carbonyl (C=O) groups is 2. The largest absolute Gasteiger partial charge is 0.466 e. The normalized spacial score (nSPS) is 9.84. The van der Waals surface area contributed by atoms with E-state index in [4.69, 9.17) is 4.74 Å². The van der Waals surface area contributed by atoms with Crippen molar-refractivity contribution in [3.05, 3.63) is 18.1 Å². The van der Waals surface area contributed by atoms with Crippen LogP contribution in [0.1, 0.15) is 23.8 Å². The Balaban J connectivity index is 2.64. The second-order valence-electron chi connectivity index (χ2n) is 3.73. The van der Waals surface area contributed by atoms with E-state index in [9.17, 15) is 9.59 Å². The first-order chi connectivity index (χ1) is 9.08. The van der Waals surface area contributed by atoms with Gasteiger partial charge in [0.1, 0.15) is 5.82 Å². The molecule has 1 rings (SSSR count). The first-order valence-corrected chi connectivity index (χ1v) is 5.85. The van der Waals surface area contributed by atoms with Gasteiger partial charge in [-0.3, -0.25) is 9.78 Å². The van der Waals surface area contributed by atoms with Gasteiger partial charge in [0.05, 0.1) is 32.5 Å². The molecule has 0 unspecified atom stereocenters. The third kappa shape index (κ3) is 4.53. The van der Waals surface area contributed by atoms with Gasteiger partial charge in [0.2, 0.25) is 0 Å². The molecule has 104 valence electrons. The van der Waals surface area contributed by atoms with Crippen LogP contribution in [0, 0.1) is 0 Å². The number of aromatic nitrogens is 2. The molecular weight excluding hydrogens is 250 g/mol. The van der Waals surface area contributed by atoms with Crippen molar-refractivity contribution in [3.63, 3.8) is 0 Å². The Labute approximate surface area is 111 Å². The number of nitrogens with zero attached hydrogens (tertiary/aromatic N) is 3. The topological polar surface area (TPSA) is 81.6 Å². The van der Waals surface area contributed by atoms with E-state index in [0.717, 1.165) is 0 Å². The predicted molar refractivity (Wildman–Crippen MR) is 67.9 cm³/mol. The van der Waals surface area contributed by atoms with Crippen molar-refractivity contribution < 1.29 is 19.1 Å². The fourth-order valence-electron chi connectivity index (χ4n) is 1.35. The lowest BCUT2D eigenvalue weighted by Crippen LogP contribution is -2.23. The van der Waals surface area contributed by atoms with E-state index in [1.165, 1.54) is 19.5 Å². The first-order valence-electron chi connectivity index (χ1n) is 5.85. The van der Waals surface area contributed by atoms with E-state index in [1.807, 2.05) is 0 Å². The highest BCUT2D eigenvalue weighted by Crippen LogP contribution is 2.09. The van der Waals surface area contributed by atoms with E-state index >= 15 is 0 Å². The maximum Gasteiger partial charge on any atom is 0.358 e. The minimum atomic E-state index is -0.548. The SMILES string of the molecule is CCOC(=O)CCN(C)c1cncc(C(=O)OC)n1. The fraction of sp³-hybridized carbons (Fsp3) is 0.500. The van der Waals surface area contributed by atoms with Crippen LogP contribution in [-0.2, 0) is 14.3 Å². The molecule has 1 aromatic heterocycles. The number of ether oxygens (including phenoxy) is 2. The molecule has 0 aliphatic rings. The quantitative estimate of drug-likeness (QED) is 0.700. The van der Waals surface area contributed by atoms with Gasteiger partial charge < -0.3 is 14.4 Å². The van der Waals surface area contributed by atoms with E-state index in [1.54, 1.807) is 18.9 Å². The molecule has 1 heterocycles. The van der Waals surface area contributed by atoms with Crippen LogP contribution in [-0.4, -0.2) is 49.2 Å². The van der Waals surface area contributed by atoms with Crippen molar-refractivity contribution in [1.29, 1.82) is 0 Å². The number of rotatable bonds is 6. The Kier molecular flexibility index (Phi) is 5.72. The van der Waals surface area contributed by atoms with E-state index < -0.39 is 5.97 Å². The summed E-state index contributed by atoms with van der Waals surface area (Å²) in [7, 11) is 3.03. The Morgan fingerprint density at radius 3 is 2.74 bits per heavy atom. The molecule has 7 nitrogen and oxygen atoms in total. The molecule has 0 aliphatic heterocycles. The van der Waals surface area contributed by atoms with Crippen LogP contribution in [0.3, 0.4) is 0 Å². The number of hydrogen-bond acceptors (Lipinski definition) is 7. The minimum Gasteiger partial charge on any atom is -0.466 e. The number of esters is 2. The zero-order valence-electron chi connectivity index (χ0n) is 11.3. The average Bonchev–Trinajstić information content (AvgIpc) is 2.44. The summed E-state index contributed by atoms with van der Waals surface area (Å²) >= 11 is 0. The molecule has 0 aliphatic carbocycles. The summed E-state index contributed by atoms with van der Waals surface area (Å²) in [4.78, 5) is 32.3. The van der Waals surface area contributed by atoms with Gasteiger partial charge in [-0.15, -0.1) is 0 Å². The number of hydrogen-bond donors (Lipinski definition) is 0. The molecule has 0 atom stereocenters. The molecule has 0 radical (unpaired) electrons. The summed E-state index contributed by atoms with van der Waals surface area (Å²) in [5, 5.41) is 0. The number of anilines is 1. The van der Waals surface area contributed by atoms with Crippen molar-refractivity contribution >= 4 is 17.8 Å². The molecule has 19 heavy (non-hydrogen) atoms. The third-order valence-corrected chi connectivity index (χ3v) is 2.36. The monoisotopic (exact) mass is 267 g/mol. The van der Waals surface area contributed by atoms with Gasteiger partial charge in [-0.05, 0) is 6.92 Å². The van der Waals surface area contributed by atoms with E-state index in [0.29, 0.717) is 19.0 Å². The molecule has 0 spiro atoms. The second-order valence-corrected chi connectivity index (χ2v) is 3.73. The summed E-state index contributed by atoms with van der Waals surface area (Å²) < 4.78 is 9.40. The van der Waals surface area contributed by atoms with Crippen molar-refractivity contribution in [2.75, 3.05) is 32.2 Å². The van der Waals surface area contributed by atoms with Crippen LogP contribution in [0.15, 0.2) is 12.4 Å². The zero-order chi connectivity index (χ0) is 14.3. The molecule has 0 N–H and O–H groups in total. The summed E-state index contributed by atoms with van der Waals surface area (Å²) in [6.07, 6.45) is 3.08. The van der Waals surface area contributed by atoms with Crippen molar-refractivity contribution in [1.82, 2.24) is 9.97 Å². The number of carbonyl (C=O) groups excluding carboxylic acids is 2. The molecule has 0 bridgehead atoms. The summed E-state index contributed by atoms with van der Waals surface area (Å²) in [5.74, 6) is -0.327. The summed E-state index contributed by atoms with van der Waals surface area (Å²) in [6.45, 7) is 2.55. The lowest BCUT2D eigenvalue weighted by atomic mass is 10.4. The summed E-state index contributed by atoms with van der Waals surface area (Å²) in [6, 6.07) is 0. The van der Waals surface area contributed by atoms with E-state index in [2.05, 4.69) is 14.7 Å². The Bertz CT molecular complexity index is 450. The third-order valence-electron chi connectivity index (χ3n) is 2.36. The van der Waals surface area contributed by atoms with Gasteiger partial charge in [0.25, 0.3) is 0 Å². The van der Waals surface area contributed by atoms with Gasteiger partial charge >= 0.3 is 11.9 Å². The standard InChI is InChI=1S/C12H17N3O4/c1-4-19-11(16)5-6-15(2)10-8-13-7-9(14-10)12(17)18-3/h7-8H,4-6H2,1-3H3. The van der Waals surface area contributed by atoms with Gasteiger partial charge in [0, 0.05) is 13.6 Å². The molecule has 0 fully saturated rings. The van der Waals surface area contributed by atoms with Crippen LogP contribution in [0.5, 0.6) is 0 Å². The molecule has 1 aromatic rings.